The van der Waals surface area contributed by atoms with Gasteiger partial charge < -0.3 is 15.3 Å². The van der Waals surface area contributed by atoms with Crippen LogP contribution in [0.2, 0.25) is 0 Å². The van der Waals surface area contributed by atoms with E-state index >= 15 is 0 Å². The van der Waals surface area contributed by atoms with E-state index in [0.717, 1.165) is 32.1 Å². The molecule has 5 heteroatoms. The number of carboxylic acid groups (broad SMARTS) is 1. The van der Waals surface area contributed by atoms with E-state index in [0.29, 0.717) is 18.9 Å². The number of rotatable bonds is 3. The molecule has 1 aliphatic carbocycles. The largest absolute Gasteiger partial charge is 0.480 e. The second-order valence-corrected chi connectivity index (χ2v) is 6.34. The first kappa shape index (κ1) is 15.1. The molecule has 2 amide bonds. The van der Waals surface area contributed by atoms with Crippen LogP contribution in [0.1, 0.15) is 58.8 Å². The van der Waals surface area contributed by atoms with Crippen LogP contribution < -0.4 is 5.32 Å². The molecule has 3 unspecified atom stereocenters. The van der Waals surface area contributed by atoms with Crippen molar-refractivity contribution in [1.82, 2.24) is 10.2 Å². The highest BCUT2D eigenvalue weighted by molar-refractivity contribution is 5.86. The first-order valence-electron chi connectivity index (χ1n) is 7.80. The number of nitrogens with one attached hydrogen (secondary N) is 1. The predicted octanol–water partition coefficient (Wildman–Crippen LogP) is 2.60. The lowest BCUT2D eigenvalue weighted by molar-refractivity contribution is -0.147. The third kappa shape index (κ3) is 2.76. The number of amides is 2. The molecule has 5 nitrogen and oxygen atoms in total. The van der Waals surface area contributed by atoms with Gasteiger partial charge in [0, 0.05) is 12.6 Å². The number of aliphatic carboxylic acids is 1. The Morgan fingerprint density at radius 1 is 1.30 bits per heavy atom. The number of hydrogen-bond acceptors (Lipinski definition) is 2. The number of hydrogen-bond donors (Lipinski definition) is 2. The standard InChI is InChI=1S/C15H26N2O3/c1-3-11-7-4-5-8-12(11)16-14(20)17-10-6-9-15(17,2)13(18)19/h11-12H,3-10H2,1-2H3,(H,16,20)(H,18,19). The molecule has 0 radical (unpaired) electrons. The molecule has 0 aromatic heterocycles. The molecule has 2 rings (SSSR count). The molecule has 0 aromatic rings. The van der Waals surface area contributed by atoms with Gasteiger partial charge in [-0.05, 0) is 38.5 Å². The fourth-order valence-corrected chi connectivity index (χ4v) is 3.63. The van der Waals surface area contributed by atoms with Gasteiger partial charge in [0.05, 0.1) is 0 Å². The maximum Gasteiger partial charge on any atom is 0.329 e. The van der Waals surface area contributed by atoms with Gasteiger partial charge in [-0.15, -0.1) is 0 Å². The summed E-state index contributed by atoms with van der Waals surface area (Å²) in [7, 11) is 0. The van der Waals surface area contributed by atoms with E-state index in [1.807, 2.05) is 0 Å². The van der Waals surface area contributed by atoms with Gasteiger partial charge >= 0.3 is 12.0 Å². The highest BCUT2D eigenvalue weighted by Crippen LogP contribution is 2.31. The van der Waals surface area contributed by atoms with E-state index in [4.69, 9.17) is 0 Å². The van der Waals surface area contributed by atoms with Crippen molar-refractivity contribution < 1.29 is 14.7 Å². The molecule has 3 atom stereocenters. The Kier molecular flexibility index (Phi) is 4.55. The van der Waals surface area contributed by atoms with Crippen LogP contribution in [0.4, 0.5) is 4.79 Å². The van der Waals surface area contributed by atoms with Gasteiger partial charge in [0.2, 0.25) is 0 Å². The average molecular weight is 282 g/mol. The highest BCUT2D eigenvalue weighted by atomic mass is 16.4. The van der Waals surface area contributed by atoms with Crippen molar-refractivity contribution in [2.45, 2.75) is 70.4 Å². The van der Waals surface area contributed by atoms with Crippen molar-refractivity contribution >= 4 is 12.0 Å². The second kappa shape index (κ2) is 6.02. The third-order valence-corrected chi connectivity index (χ3v) is 5.09. The number of carbonyl (C=O) groups excluding carboxylic acids is 1. The van der Waals surface area contributed by atoms with Crippen LogP contribution in [0.5, 0.6) is 0 Å². The summed E-state index contributed by atoms with van der Waals surface area (Å²) in [5, 5.41) is 12.5. The lowest BCUT2D eigenvalue weighted by Crippen LogP contribution is -2.56. The van der Waals surface area contributed by atoms with Crippen LogP contribution in [-0.2, 0) is 4.79 Å². The lowest BCUT2D eigenvalue weighted by atomic mass is 9.83. The molecule has 1 heterocycles. The normalized spacial score (nSPS) is 34.0. The molecule has 20 heavy (non-hydrogen) atoms. The van der Waals surface area contributed by atoms with Gasteiger partial charge in [-0.25, -0.2) is 9.59 Å². The number of nitrogens with zero attached hydrogens (tertiary/aromatic N) is 1. The summed E-state index contributed by atoms with van der Waals surface area (Å²) in [5.74, 6) is -0.368. The Hall–Kier alpha value is -1.26. The van der Waals surface area contributed by atoms with Crippen LogP contribution in [0.3, 0.4) is 0 Å². The molecular formula is C15H26N2O3. The van der Waals surface area contributed by atoms with Crippen LogP contribution in [0.25, 0.3) is 0 Å². The summed E-state index contributed by atoms with van der Waals surface area (Å²) in [5.41, 5.74) is -1.04. The SMILES string of the molecule is CCC1CCCCC1NC(=O)N1CCCC1(C)C(=O)O. The molecule has 2 N–H and O–H groups in total. The topological polar surface area (TPSA) is 69.6 Å². The molecule has 1 aliphatic heterocycles. The molecular weight excluding hydrogens is 256 g/mol. The quantitative estimate of drug-likeness (QED) is 0.836. The smallest absolute Gasteiger partial charge is 0.329 e. The molecule has 0 spiro atoms. The molecule has 1 saturated heterocycles. The first-order valence-corrected chi connectivity index (χ1v) is 7.80. The Labute approximate surface area is 120 Å². The van der Waals surface area contributed by atoms with Crippen LogP contribution in [0.15, 0.2) is 0 Å². The van der Waals surface area contributed by atoms with Gasteiger partial charge in [0.15, 0.2) is 0 Å². The number of carboxylic acids is 1. The van der Waals surface area contributed by atoms with Crippen molar-refractivity contribution in [3.63, 3.8) is 0 Å². The summed E-state index contributed by atoms with van der Waals surface area (Å²) in [6.45, 7) is 4.35. The van der Waals surface area contributed by atoms with Gasteiger partial charge in [-0.1, -0.05) is 26.2 Å². The van der Waals surface area contributed by atoms with Crippen LogP contribution in [-0.4, -0.2) is 40.1 Å². The van der Waals surface area contributed by atoms with Crippen LogP contribution >= 0.6 is 0 Å². The molecule has 2 aliphatic rings. The predicted molar refractivity (Wildman–Crippen MR) is 76.5 cm³/mol. The van der Waals surface area contributed by atoms with Crippen molar-refractivity contribution in [2.75, 3.05) is 6.54 Å². The minimum atomic E-state index is -1.04. The van der Waals surface area contributed by atoms with Crippen LogP contribution in [0, 0.1) is 5.92 Å². The van der Waals surface area contributed by atoms with E-state index in [-0.39, 0.29) is 12.1 Å². The zero-order valence-corrected chi connectivity index (χ0v) is 12.5. The summed E-state index contributed by atoms with van der Waals surface area (Å²) in [4.78, 5) is 25.4. The summed E-state index contributed by atoms with van der Waals surface area (Å²) >= 11 is 0. The molecule has 114 valence electrons. The monoisotopic (exact) mass is 282 g/mol. The molecule has 1 saturated carbocycles. The maximum atomic E-state index is 12.4. The minimum Gasteiger partial charge on any atom is -0.480 e. The number of carbonyl (C=O) groups is 2. The summed E-state index contributed by atoms with van der Waals surface area (Å²) in [6, 6.07) is 0.0117. The van der Waals surface area contributed by atoms with Crippen molar-refractivity contribution in [3.05, 3.63) is 0 Å². The van der Waals surface area contributed by atoms with E-state index in [1.54, 1.807) is 6.92 Å². The fourth-order valence-electron chi connectivity index (χ4n) is 3.63. The van der Waals surface area contributed by atoms with E-state index in [1.165, 1.54) is 11.3 Å². The van der Waals surface area contributed by atoms with Gasteiger partial charge in [0.25, 0.3) is 0 Å². The number of likely N-dealkylation sites (tertiary alicyclic amines) is 1. The Balaban J connectivity index is 2.02. The average Bonchev–Trinajstić information content (AvgIpc) is 2.83. The Morgan fingerprint density at radius 2 is 2.00 bits per heavy atom. The second-order valence-electron chi connectivity index (χ2n) is 6.34. The summed E-state index contributed by atoms with van der Waals surface area (Å²) < 4.78 is 0. The Morgan fingerprint density at radius 3 is 2.65 bits per heavy atom. The first-order chi connectivity index (χ1) is 9.49. The zero-order valence-electron chi connectivity index (χ0n) is 12.5. The van der Waals surface area contributed by atoms with E-state index < -0.39 is 11.5 Å². The molecule has 0 bridgehead atoms. The van der Waals surface area contributed by atoms with Gasteiger partial charge in [-0.2, -0.15) is 0 Å². The van der Waals surface area contributed by atoms with E-state index in [9.17, 15) is 14.7 Å². The maximum absolute atomic E-state index is 12.4. The highest BCUT2D eigenvalue weighted by Gasteiger charge is 2.46. The van der Waals surface area contributed by atoms with E-state index in [2.05, 4.69) is 12.2 Å². The van der Waals surface area contributed by atoms with Crippen molar-refractivity contribution in [1.29, 1.82) is 0 Å². The number of urea groups is 1. The zero-order chi connectivity index (χ0) is 14.8. The van der Waals surface area contributed by atoms with Gasteiger partial charge in [0.1, 0.15) is 5.54 Å². The lowest BCUT2D eigenvalue weighted by Gasteiger charge is -2.36. The van der Waals surface area contributed by atoms with Crippen molar-refractivity contribution in [2.24, 2.45) is 5.92 Å². The molecule has 2 fully saturated rings. The van der Waals surface area contributed by atoms with Crippen molar-refractivity contribution in [3.8, 4) is 0 Å². The Bertz CT molecular complexity index is 385. The minimum absolute atomic E-state index is 0.197. The summed E-state index contributed by atoms with van der Waals surface area (Å²) in [6.07, 6.45) is 6.94. The fraction of sp³-hybridized carbons (Fsp3) is 0.867. The third-order valence-electron chi connectivity index (χ3n) is 5.09. The van der Waals surface area contributed by atoms with Gasteiger partial charge in [-0.3, -0.25) is 0 Å². The molecule has 0 aromatic carbocycles.